The molecule has 2 heteroatoms. The molecule has 0 saturated heterocycles. The Kier molecular flexibility index (Phi) is 6.23. The maximum absolute atomic E-state index is 8.97. The van der Waals surface area contributed by atoms with E-state index in [0.29, 0.717) is 6.04 Å². The van der Waals surface area contributed by atoms with E-state index < -0.39 is 0 Å². The Labute approximate surface area is 105 Å². The van der Waals surface area contributed by atoms with Gasteiger partial charge in [-0.25, -0.2) is 0 Å². The molecule has 0 bridgehead atoms. The SMILES string of the molecule is CCC(CC)C(C)NCc1ccc(CO)cc1. The first-order valence-corrected chi connectivity index (χ1v) is 6.63. The van der Waals surface area contributed by atoms with E-state index in [0.717, 1.165) is 18.0 Å². The minimum Gasteiger partial charge on any atom is -0.392 e. The number of rotatable bonds is 7. The van der Waals surface area contributed by atoms with Crippen molar-refractivity contribution in [1.29, 1.82) is 0 Å². The van der Waals surface area contributed by atoms with Crippen LogP contribution in [0.15, 0.2) is 24.3 Å². The molecule has 1 rings (SSSR count). The summed E-state index contributed by atoms with van der Waals surface area (Å²) < 4.78 is 0. The van der Waals surface area contributed by atoms with Gasteiger partial charge in [-0.2, -0.15) is 0 Å². The highest BCUT2D eigenvalue weighted by atomic mass is 16.3. The average Bonchev–Trinajstić information content (AvgIpc) is 2.38. The third-order valence-corrected chi connectivity index (χ3v) is 3.59. The fourth-order valence-electron chi connectivity index (χ4n) is 2.20. The molecule has 17 heavy (non-hydrogen) atoms. The van der Waals surface area contributed by atoms with Crippen LogP contribution in [0.3, 0.4) is 0 Å². The smallest absolute Gasteiger partial charge is 0.0681 e. The first kappa shape index (κ1) is 14.2. The van der Waals surface area contributed by atoms with Gasteiger partial charge < -0.3 is 10.4 Å². The number of hydrogen-bond donors (Lipinski definition) is 2. The van der Waals surface area contributed by atoms with Crippen LogP contribution >= 0.6 is 0 Å². The fraction of sp³-hybridized carbons (Fsp3) is 0.600. The van der Waals surface area contributed by atoms with E-state index in [9.17, 15) is 0 Å². The van der Waals surface area contributed by atoms with Crippen molar-refractivity contribution in [2.24, 2.45) is 5.92 Å². The number of hydrogen-bond acceptors (Lipinski definition) is 2. The van der Waals surface area contributed by atoms with Gasteiger partial charge in [0.1, 0.15) is 0 Å². The molecule has 0 heterocycles. The molecule has 0 fully saturated rings. The zero-order valence-electron chi connectivity index (χ0n) is 11.2. The zero-order valence-corrected chi connectivity index (χ0v) is 11.2. The lowest BCUT2D eigenvalue weighted by atomic mass is 9.95. The van der Waals surface area contributed by atoms with Crippen molar-refractivity contribution < 1.29 is 5.11 Å². The van der Waals surface area contributed by atoms with Crippen molar-refractivity contribution in [2.45, 2.75) is 52.8 Å². The van der Waals surface area contributed by atoms with E-state index in [1.807, 2.05) is 12.1 Å². The Morgan fingerprint density at radius 3 is 2.06 bits per heavy atom. The van der Waals surface area contributed by atoms with Crippen molar-refractivity contribution in [3.05, 3.63) is 35.4 Å². The van der Waals surface area contributed by atoms with Crippen LogP contribution in [0.2, 0.25) is 0 Å². The fourth-order valence-corrected chi connectivity index (χ4v) is 2.20. The summed E-state index contributed by atoms with van der Waals surface area (Å²) in [4.78, 5) is 0. The van der Waals surface area contributed by atoms with Crippen LogP contribution in [0.25, 0.3) is 0 Å². The molecule has 0 aliphatic heterocycles. The second-order valence-corrected chi connectivity index (χ2v) is 4.72. The van der Waals surface area contributed by atoms with E-state index in [-0.39, 0.29) is 6.61 Å². The van der Waals surface area contributed by atoms with Crippen LogP contribution in [0.5, 0.6) is 0 Å². The standard InChI is InChI=1S/C15H25NO/c1-4-15(5-2)12(3)16-10-13-6-8-14(11-17)9-7-13/h6-9,12,15-17H,4-5,10-11H2,1-3H3. The lowest BCUT2D eigenvalue weighted by Gasteiger charge is -2.22. The van der Waals surface area contributed by atoms with Crippen molar-refractivity contribution in [2.75, 3.05) is 0 Å². The summed E-state index contributed by atoms with van der Waals surface area (Å²) in [6.45, 7) is 7.80. The van der Waals surface area contributed by atoms with Gasteiger partial charge in [0.25, 0.3) is 0 Å². The number of aliphatic hydroxyl groups is 1. The van der Waals surface area contributed by atoms with Crippen LogP contribution in [0, 0.1) is 5.92 Å². The monoisotopic (exact) mass is 235 g/mol. The van der Waals surface area contributed by atoms with E-state index in [4.69, 9.17) is 5.11 Å². The van der Waals surface area contributed by atoms with Crippen molar-refractivity contribution in [3.63, 3.8) is 0 Å². The second-order valence-electron chi connectivity index (χ2n) is 4.72. The summed E-state index contributed by atoms with van der Waals surface area (Å²) in [5.41, 5.74) is 2.25. The van der Waals surface area contributed by atoms with E-state index in [2.05, 4.69) is 38.2 Å². The molecule has 0 aliphatic carbocycles. The van der Waals surface area contributed by atoms with Gasteiger partial charge in [0, 0.05) is 12.6 Å². The molecular weight excluding hydrogens is 210 g/mol. The topological polar surface area (TPSA) is 32.3 Å². The van der Waals surface area contributed by atoms with Crippen LogP contribution in [0.4, 0.5) is 0 Å². The molecule has 2 nitrogen and oxygen atoms in total. The first-order valence-electron chi connectivity index (χ1n) is 6.63. The first-order chi connectivity index (χ1) is 8.21. The molecular formula is C15H25NO. The highest BCUT2D eigenvalue weighted by molar-refractivity contribution is 5.21. The number of benzene rings is 1. The maximum Gasteiger partial charge on any atom is 0.0681 e. The summed E-state index contributed by atoms with van der Waals surface area (Å²) >= 11 is 0. The number of nitrogens with one attached hydrogen (secondary N) is 1. The molecule has 1 aromatic rings. The van der Waals surface area contributed by atoms with Crippen molar-refractivity contribution >= 4 is 0 Å². The van der Waals surface area contributed by atoms with Crippen molar-refractivity contribution in [1.82, 2.24) is 5.32 Å². The molecule has 1 unspecified atom stereocenters. The normalized spacial score (nSPS) is 13.0. The van der Waals surface area contributed by atoms with Crippen LogP contribution < -0.4 is 5.32 Å². The van der Waals surface area contributed by atoms with Gasteiger partial charge in [-0.1, -0.05) is 51.0 Å². The van der Waals surface area contributed by atoms with Gasteiger partial charge in [0.2, 0.25) is 0 Å². The lowest BCUT2D eigenvalue weighted by Crippen LogP contribution is -2.32. The highest BCUT2D eigenvalue weighted by Crippen LogP contribution is 2.13. The largest absolute Gasteiger partial charge is 0.392 e. The quantitative estimate of drug-likeness (QED) is 0.761. The van der Waals surface area contributed by atoms with Crippen molar-refractivity contribution in [3.8, 4) is 0 Å². The summed E-state index contributed by atoms with van der Waals surface area (Å²) in [6.07, 6.45) is 2.46. The van der Waals surface area contributed by atoms with Crippen LogP contribution in [-0.4, -0.2) is 11.1 Å². The molecule has 0 aromatic heterocycles. The summed E-state index contributed by atoms with van der Waals surface area (Å²) in [5, 5.41) is 12.5. The van der Waals surface area contributed by atoms with E-state index in [1.165, 1.54) is 18.4 Å². The lowest BCUT2D eigenvalue weighted by molar-refractivity contribution is 0.282. The molecule has 1 atom stereocenters. The van der Waals surface area contributed by atoms with E-state index >= 15 is 0 Å². The van der Waals surface area contributed by atoms with Gasteiger partial charge in [-0.3, -0.25) is 0 Å². The minimum absolute atomic E-state index is 0.123. The van der Waals surface area contributed by atoms with Crippen LogP contribution in [-0.2, 0) is 13.2 Å². The van der Waals surface area contributed by atoms with Gasteiger partial charge in [0.15, 0.2) is 0 Å². The maximum atomic E-state index is 8.97. The molecule has 0 spiro atoms. The van der Waals surface area contributed by atoms with Gasteiger partial charge in [-0.15, -0.1) is 0 Å². The summed E-state index contributed by atoms with van der Waals surface area (Å²) in [6, 6.07) is 8.69. The predicted molar refractivity (Wildman–Crippen MR) is 72.7 cm³/mol. The highest BCUT2D eigenvalue weighted by Gasteiger charge is 2.12. The molecule has 0 radical (unpaired) electrons. The second kappa shape index (κ2) is 7.46. The predicted octanol–water partition coefficient (Wildman–Crippen LogP) is 3.09. The Balaban J connectivity index is 2.43. The summed E-state index contributed by atoms with van der Waals surface area (Å²) in [5.74, 6) is 0.756. The Hall–Kier alpha value is -0.860. The third-order valence-electron chi connectivity index (χ3n) is 3.59. The molecule has 0 aliphatic rings. The summed E-state index contributed by atoms with van der Waals surface area (Å²) in [7, 11) is 0. The molecule has 0 amide bonds. The molecule has 1 aromatic carbocycles. The Morgan fingerprint density at radius 2 is 1.59 bits per heavy atom. The Bertz CT molecular complexity index is 303. The average molecular weight is 235 g/mol. The van der Waals surface area contributed by atoms with Gasteiger partial charge >= 0.3 is 0 Å². The molecule has 2 N–H and O–H groups in total. The van der Waals surface area contributed by atoms with Gasteiger partial charge in [-0.05, 0) is 24.0 Å². The minimum atomic E-state index is 0.123. The zero-order chi connectivity index (χ0) is 12.7. The van der Waals surface area contributed by atoms with E-state index in [1.54, 1.807) is 0 Å². The van der Waals surface area contributed by atoms with Crippen LogP contribution in [0.1, 0.15) is 44.7 Å². The Morgan fingerprint density at radius 1 is 1.06 bits per heavy atom. The third kappa shape index (κ3) is 4.49. The number of aliphatic hydroxyl groups excluding tert-OH is 1. The molecule has 96 valence electrons. The molecule has 0 saturated carbocycles. The van der Waals surface area contributed by atoms with Gasteiger partial charge in [0.05, 0.1) is 6.61 Å².